The summed E-state index contributed by atoms with van der Waals surface area (Å²) in [6.07, 6.45) is 4.76. The molecule has 182 valence electrons. The molecule has 1 fully saturated rings. The standard InChI is InChI=1S/C26H35N3O4Si/c1-6-18-9-10-20(21(13-18)33-14-19-7-8-19)23-25-24(28-15-27-23)22(26(30)31)17(2)29(25)16-32-11-12-34(3,4)5/h9-10,13,15,19H,6-8,11-12,14,16H2,1-5H3,(H,30,31). The Kier molecular flexibility index (Phi) is 7.09. The summed E-state index contributed by atoms with van der Waals surface area (Å²) in [4.78, 5) is 21.2. The van der Waals surface area contributed by atoms with E-state index < -0.39 is 14.0 Å². The van der Waals surface area contributed by atoms with Gasteiger partial charge in [-0.05, 0) is 55.8 Å². The monoisotopic (exact) mass is 481 g/mol. The number of hydrogen-bond donors (Lipinski definition) is 1. The van der Waals surface area contributed by atoms with Crippen LogP contribution < -0.4 is 4.74 Å². The van der Waals surface area contributed by atoms with Crippen LogP contribution in [0.5, 0.6) is 5.75 Å². The van der Waals surface area contributed by atoms with Gasteiger partial charge in [0.05, 0.1) is 12.1 Å². The molecule has 7 nitrogen and oxygen atoms in total. The van der Waals surface area contributed by atoms with E-state index in [4.69, 9.17) is 9.47 Å². The van der Waals surface area contributed by atoms with Crippen LogP contribution in [0.15, 0.2) is 24.5 Å². The van der Waals surface area contributed by atoms with Crippen molar-refractivity contribution in [3.05, 3.63) is 41.3 Å². The van der Waals surface area contributed by atoms with Crippen LogP contribution in [0, 0.1) is 12.8 Å². The average Bonchev–Trinajstić information content (AvgIpc) is 3.57. The summed E-state index contributed by atoms with van der Waals surface area (Å²) in [6.45, 7) is 12.4. The lowest BCUT2D eigenvalue weighted by molar-refractivity contribution is 0.0694. The van der Waals surface area contributed by atoms with Gasteiger partial charge >= 0.3 is 5.97 Å². The molecule has 0 unspecified atom stereocenters. The van der Waals surface area contributed by atoms with E-state index in [1.54, 1.807) is 0 Å². The van der Waals surface area contributed by atoms with Gasteiger partial charge in [0, 0.05) is 25.9 Å². The molecule has 0 atom stereocenters. The molecule has 1 aliphatic rings. The van der Waals surface area contributed by atoms with E-state index in [0.29, 0.717) is 41.6 Å². The number of aromatic carboxylic acids is 1. The highest BCUT2D eigenvalue weighted by molar-refractivity contribution is 6.76. The van der Waals surface area contributed by atoms with Crippen molar-refractivity contribution in [3.8, 4) is 17.0 Å². The summed E-state index contributed by atoms with van der Waals surface area (Å²) >= 11 is 0. The summed E-state index contributed by atoms with van der Waals surface area (Å²) < 4.78 is 14.2. The normalized spacial score (nSPS) is 14.0. The van der Waals surface area contributed by atoms with Crippen molar-refractivity contribution in [2.75, 3.05) is 13.2 Å². The van der Waals surface area contributed by atoms with Crippen LogP contribution in [0.25, 0.3) is 22.3 Å². The number of aryl methyl sites for hydroxylation is 1. The van der Waals surface area contributed by atoms with Crippen LogP contribution in [0.3, 0.4) is 0 Å². The minimum atomic E-state index is -1.24. The third kappa shape index (κ3) is 5.33. The maximum absolute atomic E-state index is 12.2. The number of carboxylic acid groups (broad SMARTS) is 1. The number of fused-ring (bicyclic) bond motifs is 1. The number of carbonyl (C=O) groups is 1. The van der Waals surface area contributed by atoms with E-state index in [2.05, 4.69) is 48.7 Å². The molecule has 2 heterocycles. The first-order chi connectivity index (χ1) is 16.2. The number of aromatic nitrogens is 3. The Labute approximate surface area is 202 Å². The summed E-state index contributed by atoms with van der Waals surface area (Å²) in [5.41, 5.74) is 4.61. The highest BCUT2D eigenvalue weighted by atomic mass is 28.3. The molecule has 0 bridgehead atoms. The Bertz CT molecular complexity index is 1190. The van der Waals surface area contributed by atoms with Gasteiger partial charge in [0.15, 0.2) is 0 Å². The first-order valence-electron chi connectivity index (χ1n) is 12.1. The Morgan fingerprint density at radius 1 is 1.24 bits per heavy atom. The Morgan fingerprint density at radius 3 is 2.65 bits per heavy atom. The quantitative estimate of drug-likeness (QED) is 0.276. The average molecular weight is 482 g/mol. The van der Waals surface area contributed by atoms with E-state index in [1.807, 2.05) is 17.6 Å². The minimum absolute atomic E-state index is 0.193. The van der Waals surface area contributed by atoms with Crippen LogP contribution in [-0.4, -0.2) is 46.9 Å². The second kappa shape index (κ2) is 9.88. The Hall–Kier alpha value is -2.71. The van der Waals surface area contributed by atoms with Crippen molar-refractivity contribution in [1.82, 2.24) is 14.5 Å². The van der Waals surface area contributed by atoms with Gasteiger partial charge < -0.3 is 19.1 Å². The van der Waals surface area contributed by atoms with Gasteiger partial charge in [-0.2, -0.15) is 0 Å². The van der Waals surface area contributed by atoms with Gasteiger partial charge in [0.2, 0.25) is 0 Å². The summed E-state index contributed by atoms with van der Waals surface area (Å²) in [5.74, 6) is 0.403. The molecule has 8 heteroatoms. The first kappa shape index (κ1) is 24.4. The van der Waals surface area contributed by atoms with Crippen molar-refractivity contribution in [1.29, 1.82) is 0 Å². The van der Waals surface area contributed by atoms with Gasteiger partial charge in [-0.25, -0.2) is 14.8 Å². The molecule has 2 aromatic heterocycles. The molecular weight excluding hydrogens is 446 g/mol. The molecule has 34 heavy (non-hydrogen) atoms. The highest BCUT2D eigenvalue weighted by Gasteiger charge is 2.26. The Balaban J connectivity index is 1.80. The van der Waals surface area contributed by atoms with E-state index in [0.717, 1.165) is 23.8 Å². The maximum Gasteiger partial charge on any atom is 0.339 e. The van der Waals surface area contributed by atoms with Gasteiger partial charge in [-0.1, -0.05) is 32.6 Å². The van der Waals surface area contributed by atoms with E-state index >= 15 is 0 Å². The van der Waals surface area contributed by atoms with Crippen LogP contribution in [0.4, 0.5) is 0 Å². The van der Waals surface area contributed by atoms with Gasteiger partial charge in [0.25, 0.3) is 0 Å². The predicted octanol–water partition coefficient (Wildman–Crippen LogP) is 5.77. The number of rotatable bonds is 11. The van der Waals surface area contributed by atoms with Gasteiger partial charge in [-0.15, -0.1) is 0 Å². The predicted molar refractivity (Wildman–Crippen MR) is 136 cm³/mol. The molecule has 1 saturated carbocycles. The van der Waals surface area contributed by atoms with Crippen LogP contribution in [0.2, 0.25) is 25.7 Å². The number of benzene rings is 1. The van der Waals surface area contributed by atoms with Crippen molar-refractivity contribution in [2.24, 2.45) is 5.92 Å². The van der Waals surface area contributed by atoms with Gasteiger partial charge in [0.1, 0.15) is 35.6 Å². The number of hydrogen-bond acceptors (Lipinski definition) is 5. The lowest BCUT2D eigenvalue weighted by atomic mass is 10.0. The first-order valence-corrected chi connectivity index (χ1v) is 15.8. The molecule has 0 amide bonds. The molecule has 0 spiro atoms. The zero-order valence-electron chi connectivity index (χ0n) is 20.9. The number of carboxylic acids is 1. The molecular formula is C26H35N3O4Si. The molecule has 1 aliphatic carbocycles. The zero-order valence-corrected chi connectivity index (χ0v) is 21.9. The van der Waals surface area contributed by atoms with Crippen molar-refractivity contribution in [3.63, 3.8) is 0 Å². The third-order valence-electron chi connectivity index (χ3n) is 6.41. The smallest absolute Gasteiger partial charge is 0.339 e. The van der Waals surface area contributed by atoms with Crippen LogP contribution >= 0.6 is 0 Å². The largest absolute Gasteiger partial charge is 0.493 e. The number of ether oxygens (including phenoxy) is 2. The van der Waals surface area contributed by atoms with Crippen molar-refractivity contribution >= 4 is 25.1 Å². The second-order valence-corrected chi connectivity index (χ2v) is 16.0. The van der Waals surface area contributed by atoms with E-state index in [9.17, 15) is 9.90 Å². The lowest BCUT2D eigenvalue weighted by Gasteiger charge is -2.17. The number of nitrogens with zero attached hydrogens (tertiary/aromatic N) is 3. The fraction of sp³-hybridized carbons (Fsp3) is 0.500. The molecule has 0 saturated heterocycles. The maximum atomic E-state index is 12.2. The van der Waals surface area contributed by atoms with Crippen LogP contribution in [-0.2, 0) is 17.9 Å². The molecule has 1 N–H and O–H groups in total. The van der Waals surface area contributed by atoms with E-state index in [-0.39, 0.29) is 12.3 Å². The topological polar surface area (TPSA) is 86.5 Å². The fourth-order valence-electron chi connectivity index (χ4n) is 4.03. The highest BCUT2D eigenvalue weighted by Crippen LogP contribution is 2.38. The molecule has 1 aromatic carbocycles. The molecule has 4 rings (SSSR count). The molecule has 0 radical (unpaired) electrons. The van der Waals surface area contributed by atoms with Crippen LogP contribution in [0.1, 0.15) is 41.4 Å². The summed E-state index contributed by atoms with van der Waals surface area (Å²) in [7, 11) is -1.24. The summed E-state index contributed by atoms with van der Waals surface area (Å²) in [5, 5.41) is 9.96. The van der Waals surface area contributed by atoms with Crippen molar-refractivity contribution < 1.29 is 19.4 Å². The van der Waals surface area contributed by atoms with Crippen molar-refractivity contribution in [2.45, 2.75) is 65.5 Å². The molecule has 0 aliphatic heterocycles. The van der Waals surface area contributed by atoms with E-state index in [1.165, 1.54) is 24.7 Å². The van der Waals surface area contributed by atoms with Gasteiger partial charge in [-0.3, -0.25) is 0 Å². The fourth-order valence-corrected chi connectivity index (χ4v) is 4.79. The SMILES string of the molecule is CCc1ccc(-c2ncnc3c(C(=O)O)c(C)n(COCC[Si](C)(C)C)c23)c(OCC2CC2)c1. The zero-order chi connectivity index (χ0) is 24.5. The third-order valence-corrected chi connectivity index (χ3v) is 8.11. The second-order valence-electron chi connectivity index (χ2n) is 10.4. The Morgan fingerprint density at radius 2 is 2.00 bits per heavy atom. The lowest BCUT2D eigenvalue weighted by Crippen LogP contribution is -2.22. The minimum Gasteiger partial charge on any atom is -0.493 e. The molecule has 3 aromatic rings. The summed E-state index contributed by atoms with van der Waals surface area (Å²) in [6, 6.07) is 7.23.